The Bertz CT molecular complexity index is 763. The minimum atomic E-state index is -0.362. The Morgan fingerprint density at radius 2 is 2.22 bits per heavy atom. The van der Waals surface area contributed by atoms with E-state index in [0.29, 0.717) is 12.4 Å². The van der Waals surface area contributed by atoms with Gasteiger partial charge >= 0.3 is 5.97 Å². The molecule has 0 bridgehead atoms. The van der Waals surface area contributed by atoms with Crippen molar-refractivity contribution in [2.24, 2.45) is 0 Å². The summed E-state index contributed by atoms with van der Waals surface area (Å²) >= 11 is 6.40. The van der Waals surface area contributed by atoms with Gasteiger partial charge in [-0.15, -0.1) is 0 Å². The van der Waals surface area contributed by atoms with E-state index in [4.69, 9.17) is 20.8 Å². The molecule has 3 rings (SSSR count). The maximum atomic E-state index is 11.6. The molecule has 2 heterocycles. The van der Waals surface area contributed by atoms with E-state index < -0.39 is 0 Å². The summed E-state index contributed by atoms with van der Waals surface area (Å²) in [6, 6.07) is 3.78. The van der Waals surface area contributed by atoms with Crippen molar-refractivity contribution in [1.82, 2.24) is 4.90 Å². The Morgan fingerprint density at radius 1 is 1.39 bits per heavy atom. The second-order valence-corrected chi connectivity index (χ2v) is 5.96. The highest BCUT2D eigenvalue weighted by atomic mass is 35.5. The van der Waals surface area contributed by atoms with E-state index in [2.05, 4.69) is 11.8 Å². The number of esters is 1. The summed E-state index contributed by atoms with van der Waals surface area (Å²) in [7, 11) is 0. The van der Waals surface area contributed by atoms with Crippen molar-refractivity contribution in [3.05, 3.63) is 40.1 Å². The molecule has 0 unspecified atom stereocenters. The number of hydrogen-bond donors (Lipinski definition) is 0. The van der Waals surface area contributed by atoms with Crippen LogP contribution >= 0.6 is 11.6 Å². The third-order valence-corrected chi connectivity index (χ3v) is 4.56. The Kier molecular flexibility index (Phi) is 4.74. The van der Waals surface area contributed by atoms with Crippen LogP contribution in [0.15, 0.2) is 22.6 Å². The maximum Gasteiger partial charge on any atom is 0.330 e. The van der Waals surface area contributed by atoms with Gasteiger partial charge in [0.05, 0.1) is 6.61 Å². The summed E-state index contributed by atoms with van der Waals surface area (Å²) in [4.78, 5) is 13.9. The van der Waals surface area contributed by atoms with E-state index in [-0.39, 0.29) is 5.97 Å². The molecule has 0 amide bonds. The molecule has 2 aromatic rings. The number of likely N-dealkylation sites (N-methyl/N-ethyl adjacent to an activating group) is 1. The molecule has 0 saturated heterocycles. The van der Waals surface area contributed by atoms with Gasteiger partial charge in [0.25, 0.3) is 0 Å². The molecule has 0 atom stereocenters. The molecule has 0 aliphatic carbocycles. The van der Waals surface area contributed by atoms with Crippen LogP contribution in [0.4, 0.5) is 0 Å². The largest absolute Gasteiger partial charge is 0.463 e. The summed E-state index contributed by atoms with van der Waals surface area (Å²) in [5, 5.41) is 1.87. The molecule has 1 aliphatic heterocycles. The average molecular weight is 334 g/mol. The fourth-order valence-corrected chi connectivity index (χ4v) is 3.28. The topological polar surface area (TPSA) is 42.7 Å². The number of carbonyl (C=O) groups is 1. The van der Waals surface area contributed by atoms with Crippen LogP contribution in [-0.2, 0) is 22.5 Å². The highest BCUT2D eigenvalue weighted by Crippen LogP contribution is 2.36. The Morgan fingerprint density at radius 3 is 2.96 bits per heavy atom. The van der Waals surface area contributed by atoms with Crippen LogP contribution in [0.1, 0.15) is 30.7 Å². The summed E-state index contributed by atoms with van der Waals surface area (Å²) in [5.41, 5.74) is 3.05. The minimum absolute atomic E-state index is 0.361. The van der Waals surface area contributed by atoms with Gasteiger partial charge in [-0.1, -0.05) is 18.5 Å². The molecule has 5 heteroatoms. The molecule has 1 aliphatic rings. The van der Waals surface area contributed by atoms with E-state index >= 15 is 0 Å². The fourth-order valence-electron chi connectivity index (χ4n) is 3.03. The van der Waals surface area contributed by atoms with Gasteiger partial charge in [0, 0.05) is 35.1 Å². The van der Waals surface area contributed by atoms with Gasteiger partial charge in [-0.3, -0.25) is 4.90 Å². The third-order valence-electron chi connectivity index (χ3n) is 4.20. The van der Waals surface area contributed by atoms with Gasteiger partial charge in [0.2, 0.25) is 0 Å². The van der Waals surface area contributed by atoms with E-state index in [1.807, 2.05) is 12.1 Å². The summed E-state index contributed by atoms with van der Waals surface area (Å²) in [6.45, 7) is 7.00. The lowest BCUT2D eigenvalue weighted by Crippen LogP contribution is -2.23. The van der Waals surface area contributed by atoms with Crippen molar-refractivity contribution in [2.45, 2.75) is 26.8 Å². The lowest BCUT2D eigenvalue weighted by molar-refractivity contribution is -0.137. The first kappa shape index (κ1) is 16.1. The van der Waals surface area contributed by atoms with E-state index in [0.717, 1.165) is 53.2 Å². The third kappa shape index (κ3) is 3.14. The normalized spacial score (nSPS) is 15.3. The standard InChI is InChI=1S/C18H20ClNO3/c1-3-20-10-9-12-14(19)5-6-16-18(12)13(11-20)15(23-16)7-8-17(21)22-4-2/h5-8H,3-4,9-11H2,1-2H3. The van der Waals surface area contributed by atoms with E-state index in [9.17, 15) is 4.79 Å². The number of rotatable bonds is 4. The number of benzene rings is 1. The van der Waals surface area contributed by atoms with Gasteiger partial charge in [-0.25, -0.2) is 4.79 Å². The quantitative estimate of drug-likeness (QED) is 0.625. The van der Waals surface area contributed by atoms with Crippen LogP contribution in [-0.4, -0.2) is 30.6 Å². The highest BCUT2D eigenvalue weighted by molar-refractivity contribution is 6.32. The first-order chi connectivity index (χ1) is 11.1. The smallest absolute Gasteiger partial charge is 0.330 e. The SMILES string of the molecule is CCOC(=O)C=Cc1oc2ccc(Cl)c3c2c1CN(CC)CC3. The zero-order valence-corrected chi connectivity index (χ0v) is 14.2. The van der Waals surface area contributed by atoms with Crippen LogP contribution in [0.25, 0.3) is 17.0 Å². The van der Waals surface area contributed by atoms with Crippen molar-refractivity contribution in [3.63, 3.8) is 0 Å². The van der Waals surface area contributed by atoms with Crippen molar-refractivity contribution in [1.29, 1.82) is 0 Å². The van der Waals surface area contributed by atoms with Crippen LogP contribution in [0.2, 0.25) is 5.02 Å². The van der Waals surface area contributed by atoms with Crippen LogP contribution < -0.4 is 0 Å². The molecule has 4 nitrogen and oxygen atoms in total. The summed E-state index contributed by atoms with van der Waals surface area (Å²) in [5.74, 6) is 0.344. The molecule has 1 aromatic heterocycles. The first-order valence-electron chi connectivity index (χ1n) is 7.94. The van der Waals surface area contributed by atoms with Gasteiger partial charge in [-0.05, 0) is 43.7 Å². The molecule has 0 spiro atoms. The number of halogens is 1. The predicted octanol–water partition coefficient (Wildman–Crippen LogP) is 4.04. The first-order valence-corrected chi connectivity index (χ1v) is 8.31. The molecule has 122 valence electrons. The van der Waals surface area contributed by atoms with Crippen molar-refractivity contribution >= 4 is 34.6 Å². The van der Waals surface area contributed by atoms with Crippen molar-refractivity contribution in [3.8, 4) is 0 Å². The van der Waals surface area contributed by atoms with Crippen molar-refractivity contribution in [2.75, 3.05) is 19.7 Å². The maximum absolute atomic E-state index is 11.6. The number of carbonyl (C=O) groups excluding carboxylic acids is 1. The molecule has 0 saturated carbocycles. The van der Waals surface area contributed by atoms with E-state index in [1.165, 1.54) is 6.08 Å². The molecule has 0 N–H and O–H groups in total. The second-order valence-electron chi connectivity index (χ2n) is 5.55. The number of nitrogens with zero attached hydrogens (tertiary/aromatic N) is 1. The predicted molar refractivity (Wildman–Crippen MR) is 91.5 cm³/mol. The zero-order chi connectivity index (χ0) is 16.4. The monoisotopic (exact) mass is 333 g/mol. The average Bonchev–Trinajstić information content (AvgIpc) is 2.75. The fraction of sp³-hybridized carbons (Fsp3) is 0.389. The van der Waals surface area contributed by atoms with Gasteiger partial charge in [0.1, 0.15) is 11.3 Å². The number of ether oxygens (including phenoxy) is 1. The minimum Gasteiger partial charge on any atom is -0.463 e. The van der Waals surface area contributed by atoms with E-state index in [1.54, 1.807) is 13.0 Å². The lowest BCUT2D eigenvalue weighted by Gasteiger charge is -2.17. The summed E-state index contributed by atoms with van der Waals surface area (Å²) in [6.07, 6.45) is 4.02. The second kappa shape index (κ2) is 6.77. The molecular weight excluding hydrogens is 314 g/mol. The van der Waals surface area contributed by atoms with Gasteiger partial charge in [0.15, 0.2) is 0 Å². The van der Waals surface area contributed by atoms with Crippen LogP contribution in [0.5, 0.6) is 0 Å². The molecular formula is C18H20ClNO3. The highest BCUT2D eigenvalue weighted by Gasteiger charge is 2.23. The van der Waals surface area contributed by atoms with Crippen molar-refractivity contribution < 1.29 is 13.9 Å². The zero-order valence-electron chi connectivity index (χ0n) is 13.4. The molecule has 23 heavy (non-hydrogen) atoms. The van der Waals surface area contributed by atoms with Gasteiger partial charge < -0.3 is 9.15 Å². The van der Waals surface area contributed by atoms with Crippen LogP contribution in [0.3, 0.4) is 0 Å². The number of furan rings is 1. The Labute approximate surface area is 140 Å². The molecule has 1 aromatic carbocycles. The van der Waals surface area contributed by atoms with Gasteiger partial charge in [-0.2, -0.15) is 0 Å². The Hall–Kier alpha value is -1.78. The lowest BCUT2D eigenvalue weighted by atomic mass is 10.0. The molecule has 0 radical (unpaired) electrons. The summed E-state index contributed by atoms with van der Waals surface area (Å²) < 4.78 is 10.9. The number of hydrogen-bond acceptors (Lipinski definition) is 4. The molecule has 0 fully saturated rings. The Balaban J connectivity index is 2.09. The van der Waals surface area contributed by atoms with Crippen LogP contribution in [0, 0.1) is 0 Å².